The Morgan fingerprint density at radius 3 is 2.71 bits per heavy atom. The molecular weight excluding hydrogens is 326 g/mol. The van der Waals surface area contributed by atoms with E-state index in [1.54, 1.807) is 5.43 Å². The zero-order valence-electron chi connectivity index (χ0n) is 12.1. The summed E-state index contributed by atoms with van der Waals surface area (Å²) < 4.78 is 7.03. The van der Waals surface area contributed by atoms with Crippen molar-refractivity contribution in [2.24, 2.45) is 5.84 Å². The predicted octanol–water partition coefficient (Wildman–Crippen LogP) is -3.78. The van der Waals surface area contributed by atoms with Gasteiger partial charge in [0.15, 0.2) is 17.4 Å². The molecule has 0 bridgehead atoms. The Kier molecular flexibility index (Phi) is 3.94. The van der Waals surface area contributed by atoms with Crippen molar-refractivity contribution in [3.63, 3.8) is 0 Å². The molecule has 130 valence electrons. The second kappa shape index (κ2) is 5.81. The molecule has 13 nitrogen and oxygen atoms in total. The van der Waals surface area contributed by atoms with Crippen LogP contribution in [0, 0.1) is 0 Å². The Balaban J connectivity index is 2.13. The molecule has 2 aromatic rings. The largest absolute Gasteiger partial charge is 0.394 e. The maximum absolute atomic E-state index is 12.3. The minimum atomic E-state index is -1.39. The molecule has 13 heteroatoms. The number of rotatable bonds is 2. The second-order valence-electron chi connectivity index (χ2n) is 5.11. The van der Waals surface area contributed by atoms with Gasteiger partial charge in [-0.2, -0.15) is 9.55 Å². The Morgan fingerprint density at radius 1 is 1.42 bits per heavy atom. The van der Waals surface area contributed by atoms with Crippen molar-refractivity contribution < 1.29 is 24.9 Å². The lowest BCUT2D eigenvalue weighted by Gasteiger charge is -2.16. The lowest BCUT2D eigenvalue weighted by atomic mass is 10.1. The van der Waals surface area contributed by atoms with Crippen LogP contribution in [0.2, 0.25) is 0 Å². The molecule has 0 spiro atoms. The van der Waals surface area contributed by atoms with E-state index in [0.29, 0.717) is 4.57 Å². The standard InChI is InChI=1S/C11H15N7O6/c12-10-15-7-4(8(22)18(10)11(23)16-13)14-2-17(7)9-6(21)5(20)3(1-19)24-9/h2-3,5-6,9,19-21H,1,13H2,(H2,12,15)(H,16,23)/t3-,5?,6?,9-/m1/s1. The van der Waals surface area contributed by atoms with Crippen LogP contribution < -0.4 is 22.6 Å². The minimum absolute atomic E-state index is 0.0617. The van der Waals surface area contributed by atoms with Gasteiger partial charge in [-0.25, -0.2) is 15.6 Å². The van der Waals surface area contributed by atoms with E-state index in [0.717, 1.165) is 6.33 Å². The monoisotopic (exact) mass is 341 g/mol. The fourth-order valence-electron chi connectivity index (χ4n) is 2.54. The first-order valence-electron chi connectivity index (χ1n) is 6.79. The van der Waals surface area contributed by atoms with Crippen LogP contribution in [0.25, 0.3) is 11.2 Å². The number of amides is 1. The van der Waals surface area contributed by atoms with Crippen LogP contribution in [0.5, 0.6) is 0 Å². The number of fused-ring (bicyclic) bond motifs is 1. The van der Waals surface area contributed by atoms with Crippen molar-refractivity contribution >= 4 is 23.1 Å². The van der Waals surface area contributed by atoms with Crippen molar-refractivity contribution in [1.29, 1.82) is 0 Å². The van der Waals surface area contributed by atoms with Crippen molar-refractivity contribution in [2.75, 3.05) is 12.3 Å². The van der Waals surface area contributed by atoms with Gasteiger partial charge in [0, 0.05) is 0 Å². The first kappa shape index (κ1) is 16.3. The number of hydrogen-bond donors (Lipinski definition) is 6. The number of nitrogen functional groups attached to an aromatic ring is 2. The normalized spacial score (nSPS) is 26.8. The quantitative estimate of drug-likeness (QED) is 0.178. The van der Waals surface area contributed by atoms with Crippen LogP contribution in [0.1, 0.15) is 6.23 Å². The van der Waals surface area contributed by atoms with E-state index in [-0.39, 0.29) is 11.2 Å². The summed E-state index contributed by atoms with van der Waals surface area (Å²) in [5, 5.41) is 29.0. The number of imidazole rings is 1. The molecule has 1 fully saturated rings. The smallest absolute Gasteiger partial charge is 0.345 e. The number of nitrogens with two attached hydrogens (primary N) is 2. The number of aliphatic hydroxyl groups excluding tert-OH is 3. The van der Waals surface area contributed by atoms with Crippen LogP contribution in [0.15, 0.2) is 11.1 Å². The van der Waals surface area contributed by atoms with Gasteiger partial charge >= 0.3 is 6.03 Å². The van der Waals surface area contributed by atoms with Gasteiger partial charge in [-0.3, -0.25) is 14.8 Å². The van der Waals surface area contributed by atoms with Crippen molar-refractivity contribution in [3.05, 3.63) is 16.7 Å². The first-order chi connectivity index (χ1) is 11.4. The molecule has 8 N–H and O–H groups in total. The van der Waals surface area contributed by atoms with E-state index in [2.05, 4.69) is 9.97 Å². The van der Waals surface area contributed by atoms with Crippen LogP contribution in [0.3, 0.4) is 0 Å². The molecular formula is C11H15N7O6. The number of carbonyl (C=O) groups is 1. The summed E-state index contributed by atoms with van der Waals surface area (Å²) in [6.45, 7) is -0.513. The number of hydrazine groups is 1. The van der Waals surface area contributed by atoms with Gasteiger partial charge in [0.05, 0.1) is 12.9 Å². The summed E-state index contributed by atoms with van der Waals surface area (Å²) in [6.07, 6.45) is -3.74. The molecule has 24 heavy (non-hydrogen) atoms. The van der Waals surface area contributed by atoms with Crippen LogP contribution >= 0.6 is 0 Å². The number of ether oxygens (including phenoxy) is 1. The first-order valence-corrected chi connectivity index (χ1v) is 6.79. The zero-order chi connectivity index (χ0) is 17.6. The molecule has 1 amide bonds. The predicted molar refractivity (Wildman–Crippen MR) is 77.3 cm³/mol. The number of hydrogen-bond acceptors (Lipinski definition) is 10. The molecule has 0 saturated carbocycles. The lowest BCUT2D eigenvalue weighted by Crippen LogP contribution is -2.41. The molecule has 2 unspecified atom stereocenters. The summed E-state index contributed by atoms with van der Waals surface area (Å²) in [7, 11) is 0. The molecule has 1 aliphatic rings. The molecule has 0 radical (unpaired) electrons. The number of anilines is 1. The van der Waals surface area contributed by atoms with E-state index >= 15 is 0 Å². The Labute approximate surface area is 133 Å². The van der Waals surface area contributed by atoms with Gasteiger partial charge in [0.1, 0.15) is 18.3 Å². The molecule has 0 aliphatic carbocycles. The van der Waals surface area contributed by atoms with Crippen molar-refractivity contribution in [1.82, 2.24) is 24.5 Å². The molecule has 0 aromatic carbocycles. The van der Waals surface area contributed by atoms with Crippen molar-refractivity contribution in [3.8, 4) is 0 Å². The molecule has 3 heterocycles. The van der Waals surface area contributed by atoms with Crippen molar-refractivity contribution in [2.45, 2.75) is 24.5 Å². The maximum Gasteiger partial charge on any atom is 0.345 e. The Hall–Kier alpha value is -2.58. The minimum Gasteiger partial charge on any atom is -0.394 e. The SMILES string of the molecule is NNC(=O)n1c(N)nc2c(ncn2[C@@H]2O[C@H](CO)C(O)C2O)c1=O. The molecule has 3 rings (SSSR count). The number of nitrogens with zero attached hydrogens (tertiary/aromatic N) is 4. The third-order valence-corrected chi connectivity index (χ3v) is 3.74. The topological polar surface area (TPSA) is 204 Å². The Bertz CT molecular complexity index is 847. The van der Waals surface area contributed by atoms with Gasteiger partial charge in [0.25, 0.3) is 5.56 Å². The second-order valence-corrected chi connectivity index (χ2v) is 5.11. The molecule has 4 atom stereocenters. The van der Waals surface area contributed by atoms with Gasteiger partial charge in [-0.05, 0) is 0 Å². The van der Waals surface area contributed by atoms with Crippen LogP contribution in [0.4, 0.5) is 10.7 Å². The molecule has 2 aromatic heterocycles. The lowest BCUT2D eigenvalue weighted by molar-refractivity contribution is -0.0511. The van der Waals surface area contributed by atoms with Gasteiger partial charge in [-0.1, -0.05) is 0 Å². The third-order valence-electron chi connectivity index (χ3n) is 3.74. The summed E-state index contributed by atoms with van der Waals surface area (Å²) in [4.78, 5) is 31.6. The highest BCUT2D eigenvalue weighted by Crippen LogP contribution is 2.30. The van der Waals surface area contributed by atoms with E-state index in [9.17, 15) is 19.8 Å². The number of aliphatic hydroxyl groups is 3. The third kappa shape index (κ3) is 2.22. The summed E-state index contributed by atoms with van der Waals surface area (Å²) in [5.41, 5.74) is 6.22. The zero-order valence-corrected chi connectivity index (χ0v) is 12.1. The number of aromatic nitrogens is 4. The molecule has 1 aliphatic heterocycles. The van der Waals surface area contributed by atoms with Gasteiger partial charge < -0.3 is 25.8 Å². The highest BCUT2D eigenvalue weighted by Gasteiger charge is 2.44. The van der Waals surface area contributed by atoms with E-state index in [4.69, 9.17) is 21.4 Å². The number of nitrogens with one attached hydrogen (secondary N) is 1. The highest BCUT2D eigenvalue weighted by molar-refractivity contribution is 5.82. The van der Waals surface area contributed by atoms with Crippen LogP contribution in [-0.4, -0.2) is 65.4 Å². The average Bonchev–Trinajstić information content (AvgIpc) is 3.09. The highest BCUT2D eigenvalue weighted by atomic mass is 16.6. The number of carbonyl (C=O) groups excluding carboxylic acids is 1. The van der Waals surface area contributed by atoms with Gasteiger partial charge in [-0.15, -0.1) is 0 Å². The summed E-state index contributed by atoms with van der Waals surface area (Å²) in [6, 6.07) is -0.991. The van der Waals surface area contributed by atoms with E-state index in [1.165, 1.54) is 4.57 Å². The summed E-state index contributed by atoms with van der Waals surface area (Å²) >= 11 is 0. The molecule has 1 saturated heterocycles. The fourth-order valence-corrected chi connectivity index (χ4v) is 2.54. The van der Waals surface area contributed by atoms with Gasteiger partial charge in [0.2, 0.25) is 5.95 Å². The Morgan fingerprint density at radius 2 is 2.12 bits per heavy atom. The van der Waals surface area contributed by atoms with E-state index < -0.39 is 48.7 Å². The van der Waals surface area contributed by atoms with E-state index in [1.807, 2.05) is 0 Å². The van der Waals surface area contributed by atoms with Crippen LogP contribution in [-0.2, 0) is 4.74 Å². The maximum atomic E-state index is 12.3. The average molecular weight is 341 g/mol. The fraction of sp³-hybridized carbons (Fsp3) is 0.455. The summed E-state index contributed by atoms with van der Waals surface area (Å²) in [5.74, 6) is 4.53.